The number of benzene rings is 2. The van der Waals surface area contributed by atoms with Gasteiger partial charge in [-0.25, -0.2) is 0 Å². The van der Waals surface area contributed by atoms with E-state index in [4.69, 9.17) is 0 Å². The molecular formula is C26H30N2O. The summed E-state index contributed by atoms with van der Waals surface area (Å²) >= 11 is 0. The van der Waals surface area contributed by atoms with E-state index >= 15 is 0 Å². The summed E-state index contributed by atoms with van der Waals surface area (Å²) in [5.41, 5.74) is 2.09. The minimum Gasteiger partial charge on any atom is -0.351 e. The van der Waals surface area contributed by atoms with E-state index in [2.05, 4.69) is 34.5 Å². The third-order valence-corrected chi connectivity index (χ3v) is 5.94. The maximum absolute atomic E-state index is 13.4. The van der Waals surface area contributed by atoms with E-state index in [1.807, 2.05) is 60.7 Å². The molecule has 2 aromatic rings. The molecule has 1 heterocycles. The Bertz CT molecular complexity index is 804. The van der Waals surface area contributed by atoms with Crippen LogP contribution in [-0.4, -0.2) is 36.5 Å². The molecule has 3 nitrogen and oxygen atoms in total. The zero-order valence-electron chi connectivity index (χ0n) is 16.9. The van der Waals surface area contributed by atoms with Crippen LogP contribution < -0.4 is 5.32 Å². The highest BCUT2D eigenvalue weighted by Gasteiger charge is 2.27. The standard InChI is InChI=1S/C26H30N2O/c29-26(25(22-13-6-2-7-14-22)23-15-8-3-9-16-23)27-24-17-10-18-28(20-24)19-21-11-4-1-5-12-21/h1-9,11,13-16,21,24-25H,10,12,17-20H2,(H,27,29)/t21?,24-/m0/s1. The molecular weight excluding hydrogens is 356 g/mol. The Morgan fingerprint density at radius 1 is 1.00 bits per heavy atom. The fraction of sp³-hybridized carbons (Fsp3) is 0.346. The van der Waals surface area contributed by atoms with Gasteiger partial charge in [-0.3, -0.25) is 4.79 Å². The second-order valence-electron chi connectivity index (χ2n) is 8.17. The van der Waals surface area contributed by atoms with Crippen LogP contribution in [0.2, 0.25) is 0 Å². The second-order valence-corrected chi connectivity index (χ2v) is 8.17. The lowest BCUT2D eigenvalue weighted by atomic mass is 9.90. The number of piperidine rings is 1. The van der Waals surface area contributed by atoms with Gasteiger partial charge >= 0.3 is 0 Å². The average molecular weight is 387 g/mol. The summed E-state index contributed by atoms with van der Waals surface area (Å²) in [5, 5.41) is 3.37. The van der Waals surface area contributed by atoms with Crippen LogP contribution in [0.3, 0.4) is 0 Å². The minimum atomic E-state index is -0.265. The molecule has 1 aliphatic carbocycles. The predicted octanol–water partition coefficient (Wildman–Crippen LogP) is 4.53. The van der Waals surface area contributed by atoms with Gasteiger partial charge in [0.1, 0.15) is 0 Å². The maximum Gasteiger partial charge on any atom is 0.232 e. The Hall–Kier alpha value is -2.65. The van der Waals surface area contributed by atoms with Crippen LogP contribution in [0.25, 0.3) is 0 Å². The highest BCUT2D eigenvalue weighted by Crippen LogP contribution is 2.25. The second kappa shape index (κ2) is 9.71. The number of rotatable bonds is 6. The van der Waals surface area contributed by atoms with Crippen molar-refractivity contribution in [3.05, 3.63) is 96.1 Å². The first-order valence-electron chi connectivity index (χ1n) is 10.8. The number of hydrogen-bond acceptors (Lipinski definition) is 2. The number of allylic oxidation sites excluding steroid dienone is 3. The number of amides is 1. The van der Waals surface area contributed by atoms with Gasteiger partial charge in [0.05, 0.1) is 5.92 Å². The van der Waals surface area contributed by atoms with Crippen molar-refractivity contribution >= 4 is 5.91 Å². The van der Waals surface area contributed by atoms with Crippen molar-refractivity contribution < 1.29 is 4.79 Å². The van der Waals surface area contributed by atoms with Crippen molar-refractivity contribution in [2.24, 2.45) is 5.92 Å². The van der Waals surface area contributed by atoms with E-state index < -0.39 is 0 Å². The zero-order chi connectivity index (χ0) is 19.9. The highest BCUT2D eigenvalue weighted by atomic mass is 16.2. The van der Waals surface area contributed by atoms with E-state index in [1.165, 1.54) is 0 Å². The molecule has 1 saturated heterocycles. The minimum absolute atomic E-state index is 0.106. The van der Waals surface area contributed by atoms with Gasteiger partial charge in [0.2, 0.25) is 5.91 Å². The average Bonchev–Trinajstić information content (AvgIpc) is 2.76. The highest BCUT2D eigenvalue weighted by molar-refractivity contribution is 5.87. The van der Waals surface area contributed by atoms with Crippen LogP contribution in [0.15, 0.2) is 85.0 Å². The third kappa shape index (κ3) is 5.24. The van der Waals surface area contributed by atoms with Gasteiger partial charge in [0, 0.05) is 19.1 Å². The van der Waals surface area contributed by atoms with Gasteiger partial charge in [-0.15, -0.1) is 0 Å². The molecule has 0 spiro atoms. The number of nitrogens with one attached hydrogen (secondary N) is 1. The molecule has 2 aromatic carbocycles. The summed E-state index contributed by atoms with van der Waals surface area (Å²) in [6.07, 6.45) is 12.2. The number of carbonyl (C=O) groups excluding carboxylic acids is 1. The van der Waals surface area contributed by atoms with Crippen molar-refractivity contribution in [3.8, 4) is 0 Å². The SMILES string of the molecule is O=C(N[C@H]1CCCN(CC2C=CC=CC2)C1)C(c1ccccc1)c1ccccc1. The summed E-state index contributed by atoms with van der Waals surface area (Å²) in [6, 6.07) is 20.4. The largest absolute Gasteiger partial charge is 0.351 e. The maximum atomic E-state index is 13.4. The van der Waals surface area contributed by atoms with E-state index in [-0.39, 0.29) is 17.9 Å². The topological polar surface area (TPSA) is 32.3 Å². The molecule has 2 atom stereocenters. The van der Waals surface area contributed by atoms with Gasteiger partial charge in [0.25, 0.3) is 0 Å². The first-order chi connectivity index (χ1) is 14.3. The summed E-state index contributed by atoms with van der Waals surface area (Å²) in [4.78, 5) is 15.9. The van der Waals surface area contributed by atoms with E-state index in [0.29, 0.717) is 5.92 Å². The van der Waals surface area contributed by atoms with Gasteiger partial charge in [-0.05, 0) is 42.9 Å². The van der Waals surface area contributed by atoms with Crippen LogP contribution in [0.5, 0.6) is 0 Å². The van der Waals surface area contributed by atoms with Crippen molar-refractivity contribution in [1.82, 2.24) is 10.2 Å². The normalized spacial score (nSPS) is 22.0. The van der Waals surface area contributed by atoms with Gasteiger partial charge < -0.3 is 10.2 Å². The number of carbonyl (C=O) groups is 1. The zero-order valence-corrected chi connectivity index (χ0v) is 16.9. The molecule has 3 heteroatoms. The van der Waals surface area contributed by atoms with Crippen molar-refractivity contribution in [1.29, 1.82) is 0 Å². The summed E-state index contributed by atoms with van der Waals surface area (Å²) in [7, 11) is 0. The van der Waals surface area contributed by atoms with Crippen LogP contribution >= 0.6 is 0 Å². The molecule has 150 valence electrons. The lowest BCUT2D eigenvalue weighted by molar-refractivity contribution is -0.122. The summed E-state index contributed by atoms with van der Waals surface area (Å²) < 4.78 is 0. The van der Waals surface area contributed by atoms with Crippen molar-refractivity contribution in [3.63, 3.8) is 0 Å². The van der Waals surface area contributed by atoms with Crippen LogP contribution in [0.1, 0.15) is 36.3 Å². The van der Waals surface area contributed by atoms with E-state index in [9.17, 15) is 4.79 Å². The molecule has 0 radical (unpaired) electrons. The molecule has 1 aliphatic heterocycles. The molecule has 2 aliphatic rings. The molecule has 0 saturated carbocycles. The summed E-state index contributed by atoms with van der Waals surface area (Å²) in [6.45, 7) is 3.14. The Morgan fingerprint density at radius 2 is 1.69 bits per heavy atom. The lowest BCUT2D eigenvalue weighted by Gasteiger charge is -2.35. The smallest absolute Gasteiger partial charge is 0.232 e. The Morgan fingerprint density at radius 3 is 2.31 bits per heavy atom. The number of hydrogen-bond donors (Lipinski definition) is 1. The van der Waals surface area contributed by atoms with Crippen molar-refractivity contribution in [2.45, 2.75) is 31.2 Å². The van der Waals surface area contributed by atoms with Crippen LogP contribution in [0.4, 0.5) is 0 Å². The van der Waals surface area contributed by atoms with Gasteiger partial charge in [0.15, 0.2) is 0 Å². The van der Waals surface area contributed by atoms with Gasteiger partial charge in [-0.1, -0.05) is 85.0 Å². The Labute approximate surface area is 174 Å². The summed E-state index contributed by atoms with van der Waals surface area (Å²) in [5.74, 6) is 0.435. The predicted molar refractivity (Wildman–Crippen MR) is 119 cm³/mol. The molecule has 1 N–H and O–H groups in total. The molecule has 1 amide bonds. The lowest BCUT2D eigenvalue weighted by Crippen LogP contribution is -2.49. The number of nitrogens with zero attached hydrogens (tertiary/aromatic N) is 1. The molecule has 0 bridgehead atoms. The molecule has 4 rings (SSSR count). The first kappa shape index (κ1) is 19.7. The Kier molecular flexibility index (Phi) is 6.58. The number of likely N-dealkylation sites (tertiary alicyclic amines) is 1. The van der Waals surface area contributed by atoms with E-state index in [0.717, 1.165) is 50.0 Å². The van der Waals surface area contributed by atoms with Gasteiger partial charge in [-0.2, -0.15) is 0 Å². The fourth-order valence-electron chi connectivity index (χ4n) is 4.51. The molecule has 29 heavy (non-hydrogen) atoms. The monoisotopic (exact) mass is 386 g/mol. The first-order valence-corrected chi connectivity index (χ1v) is 10.8. The van der Waals surface area contributed by atoms with Crippen LogP contribution in [0, 0.1) is 5.92 Å². The van der Waals surface area contributed by atoms with E-state index in [1.54, 1.807) is 0 Å². The molecule has 1 unspecified atom stereocenters. The molecule has 1 fully saturated rings. The Balaban J connectivity index is 1.43. The molecule has 0 aromatic heterocycles. The van der Waals surface area contributed by atoms with Crippen molar-refractivity contribution in [2.75, 3.05) is 19.6 Å². The third-order valence-electron chi connectivity index (χ3n) is 5.94. The quantitative estimate of drug-likeness (QED) is 0.791. The van der Waals surface area contributed by atoms with Crippen LogP contribution in [-0.2, 0) is 4.79 Å². The fourth-order valence-corrected chi connectivity index (χ4v) is 4.51.